The fourth-order valence-electron chi connectivity index (χ4n) is 2.70. The zero-order valence-electron chi connectivity index (χ0n) is 9.85. The van der Waals surface area contributed by atoms with Gasteiger partial charge in [-0.1, -0.05) is 6.08 Å². The van der Waals surface area contributed by atoms with E-state index in [9.17, 15) is 0 Å². The van der Waals surface area contributed by atoms with Gasteiger partial charge in [-0.2, -0.15) is 0 Å². The number of pyridine rings is 1. The van der Waals surface area contributed by atoms with Gasteiger partial charge < -0.3 is 10.1 Å². The van der Waals surface area contributed by atoms with E-state index in [-0.39, 0.29) is 12.4 Å². The Morgan fingerprint density at radius 3 is 3.00 bits per heavy atom. The molecule has 0 bridgehead atoms. The first kappa shape index (κ1) is 12.4. The van der Waals surface area contributed by atoms with Crippen molar-refractivity contribution in [2.24, 2.45) is 11.8 Å². The van der Waals surface area contributed by atoms with Crippen LogP contribution in [0.15, 0.2) is 24.5 Å². The van der Waals surface area contributed by atoms with Gasteiger partial charge in [-0.25, -0.2) is 0 Å². The number of fused-ring (bicyclic) bond motifs is 1. The molecule has 0 amide bonds. The van der Waals surface area contributed by atoms with Gasteiger partial charge in [0.15, 0.2) is 0 Å². The normalized spacial score (nSPS) is 26.1. The lowest BCUT2D eigenvalue weighted by Crippen LogP contribution is -2.09. The van der Waals surface area contributed by atoms with Gasteiger partial charge in [0, 0.05) is 12.7 Å². The van der Waals surface area contributed by atoms with E-state index in [0.29, 0.717) is 0 Å². The maximum Gasteiger partial charge on any atom is 0.137 e. The number of hydrogen-bond donors (Lipinski definition) is 1. The van der Waals surface area contributed by atoms with E-state index in [4.69, 9.17) is 4.74 Å². The van der Waals surface area contributed by atoms with Gasteiger partial charge in [-0.15, -0.1) is 12.4 Å². The summed E-state index contributed by atoms with van der Waals surface area (Å²) in [5.41, 5.74) is 2.65. The second-order valence-corrected chi connectivity index (χ2v) is 4.59. The topological polar surface area (TPSA) is 34.1 Å². The first-order chi connectivity index (χ1) is 7.86. The van der Waals surface area contributed by atoms with Crippen LogP contribution in [0.25, 0.3) is 5.57 Å². The zero-order chi connectivity index (χ0) is 11.0. The fourth-order valence-corrected chi connectivity index (χ4v) is 2.70. The van der Waals surface area contributed by atoms with E-state index in [1.807, 2.05) is 6.20 Å². The molecular formula is C13H17ClN2O. The Morgan fingerprint density at radius 1 is 1.35 bits per heavy atom. The van der Waals surface area contributed by atoms with Crippen LogP contribution in [0.3, 0.4) is 0 Å². The Morgan fingerprint density at radius 2 is 2.24 bits per heavy atom. The van der Waals surface area contributed by atoms with E-state index in [1.54, 1.807) is 13.3 Å². The highest BCUT2D eigenvalue weighted by Crippen LogP contribution is 2.38. The highest BCUT2D eigenvalue weighted by molar-refractivity contribution is 5.85. The largest absolute Gasteiger partial charge is 0.495 e. The Hall–Kier alpha value is -1.06. The van der Waals surface area contributed by atoms with Crippen LogP contribution in [0.1, 0.15) is 12.0 Å². The summed E-state index contributed by atoms with van der Waals surface area (Å²) in [6.45, 7) is 2.29. The highest BCUT2D eigenvalue weighted by Gasteiger charge is 2.31. The van der Waals surface area contributed by atoms with Crippen molar-refractivity contribution in [2.45, 2.75) is 6.42 Å². The fraction of sp³-hybridized carbons (Fsp3) is 0.462. The summed E-state index contributed by atoms with van der Waals surface area (Å²) in [6.07, 6.45) is 7.26. The summed E-state index contributed by atoms with van der Waals surface area (Å²) >= 11 is 0. The van der Waals surface area contributed by atoms with Crippen LogP contribution in [0.5, 0.6) is 5.75 Å². The molecule has 1 aromatic rings. The molecule has 1 saturated heterocycles. The number of ether oxygens (including phenoxy) is 1. The Balaban J connectivity index is 0.00000108. The van der Waals surface area contributed by atoms with Crippen molar-refractivity contribution in [1.29, 1.82) is 0 Å². The third-order valence-corrected chi connectivity index (χ3v) is 3.61. The number of rotatable bonds is 2. The minimum atomic E-state index is 0. The number of methoxy groups -OCH3 is 1. The number of halogens is 1. The summed E-state index contributed by atoms with van der Waals surface area (Å²) in [5.74, 6) is 2.36. The van der Waals surface area contributed by atoms with Crippen LogP contribution < -0.4 is 10.1 Å². The van der Waals surface area contributed by atoms with Gasteiger partial charge in [0.2, 0.25) is 0 Å². The van der Waals surface area contributed by atoms with E-state index in [0.717, 1.165) is 30.7 Å². The molecule has 0 radical (unpaired) electrons. The molecule has 2 heterocycles. The summed E-state index contributed by atoms with van der Waals surface area (Å²) in [4.78, 5) is 4.21. The Kier molecular flexibility index (Phi) is 3.69. The molecule has 3 nitrogen and oxygen atoms in total. The molecule has 1 fully saturated rings. The third kappa shape index (κ3) is 2.31. The summed E-state index contributed by atoms with van der Waals surface area (Å²) < 4.78 is 5.21. The molecule has 0 saturated carbocycles. The second kappa shape index (κ2) is 5.07. The lowest BCUT2D eigenvalue weighted by Gasteiger charge is -2.07. The standard InChI is InChI=1S/C13H16N2O.ClH/c1-16-13-4-12(7-15-8-13)9-2-10-5-14-6-11(10)3-9;/h2,4,7-8,10-11,14H,3,5-6H2,1H3;1H/t10-,11+;/m1./s1. The summed E-state index contributed by atoms with van der Waals surface area (Å²) in [7, 11) is 1.68. The highest BCUT2D eigenvalue weighted by atomic mass is 35.5. The smallest absolute Gasteiger partial charge is 0.137 e. The van der Waals surface area contributed by atoms with Crippen molar-refractivity contribution >= 4 is 18.0 Å². The van der Waals surface area contributed by atoms with Gasteiger partial charge >= 0.3 is 0 Å². The van der Waals surface area contributed by atoms with Gasteiger partial charge in [0.05, 0.1) is 13.3 Å². The predicted octanol–water partition coefficient (Wildman–Crippen LogP) is 2.13. The van der Waals surface area contributed by atoms with Gasteiger partial charge in [-0.05, 0) is 42.0 Å². The third-order valence-electron chi connectivity index (χ3n) is 3.61. The van der Waals surface area contributed by atoms with Crippen LogP contribution in [0, 0.1) is 11.8 Å². The number of allylic oxidation sites excluding steroid dienone is 1. The molecule has 92 valence electrons. The van der Waals surface area contributed by atoms with Gasteiger partial charge in [-0.3, -0.25) is 4.98 Å². The van der Waals surface area contributed by atoms with E-state index < -0.39 is 0 Å². The summed E-state index contributed by atoms with van der Waals surface area (Å²) in [6, 6.07) is 2.08. The van der Waals surface area contributed by atoms with Crippen LogP contribution in [-0.4, -0.2) is 25.2 Å². The molecule has 3 rings (SSSR count). The van der Waals surface area contributed by atoms with Gasteiger partial charge in [0.1, 0.15) is 5.75 Å². The van der Waals surface area contributed by atoms with Crippen molar-refractivity contribution in [3.05, 3.63) is 30.1 Å². The zero-order valence-corrected chi connectivity index (χ0v) is 10.7. The molecule has 1 aliphatic carbocycles. The lowest BCUT2D eigenvalue weighted by molar-refractivity contribution is 0.412. The minimum Gasteiger partial charge on any atom is -0.495 e. The van der Waals surface area contributed by atoms with Crippen LogP contribution in [-0.2, 0) is 0 Å². The first-order valence-electron chi connectivity index (χ1n) is 5.77. The van der Waals surface area contributed by atoms with Crippen molar-refractivity contribution in [2.75, 3.05) is 20.2 Å². The number of aromatic nitrogens is 1. The second-order valence-electron chi connectivity index (χ2n) is 4.59. The average Bonchev–Trinajstić information content (AvgIpc) is 2.89. The molecule has 1 aliphatic heterocycles. The molecule has 0 spiro atoms. The van der Waals surface area contributed by atoms with Gasteiger partial charge in [0.25, 0.3) is 0 Å². The maximum atomic E-state index is 5.21. The molecule has 2 atom stereocenters. The number of hydrogen-bond acceptors (Lipinski definition) is 3. The van der Waals surface area contributed by atoms with Crippen molar-refractivity contribution in [1.82, 2.24) is 10.3 Å². The molecule has 0 aromatic carbocycles. The van der Waals surface area contributed by atoms with E-state index in [1.165, 1.54) is 17.6 Å². The van der Waals surface area contributed by atoms with E-state index >= 15 is 0 Å². The number of nitrogens with one attached hydrogen (secondary N) is 1. The molecule has 17 heavy (non-hydrogen) atoms. The molecule has 1 aromatic heterocycles. The SMILES string of the molecule is COc1cncc(C2=C[C@@H]3CNC[C@@H]3C2)c1.Cl. The molecular weight excluding hydrogens is 236 g/mol. The summed E-state index contributed by atoms with van der Waals surface area (Å²) in [5, 5.41) is 3.43. The maximum absolute atomic E-state index is 5.21. The Labute approximate surface area is 108 Å². The Bertz CT molecular complexity index is 433. The molecule has 0 unspecified atom stereocenters. The van der Waals surface area contributed by atoms with Crippen LogP contribution in [0.2, 0.25) is 0 Å². The first-order valence-corrected chi connectivity index (χ1v) is 5.77. The quantitative estimate of drug-likeness (QED) is 0.876. The van der Waals surface area contributed by atoms with Crippen molar-refractivity contribution in [3.63, 3.8) is 0 Å². The predicted molar refractivity (Wildman–Crippen MR) is 70.5 cm³/mol. The van der Waals surface area contributed by atoms with Crippen LogP contribution >= 0.6 is 12.4 Å². The molecule has 4 heteroatoms. The number of nitrogens with zero attached hydrogens (tertiary/aromatic N) is 1. The molecule has 1 N–H and O–H groups in total. The van der Waals surface area contributed by atoms with E-state index in [2.05, 4.69) is 22.4 Å². The van der Waals surface area contributed by atoms with Crippen LogP contribution in [0.4, 0.5) is 0 Å². The molecule has 2 aliphatic rings. The van der Waals surface area contributed by atoms with Crippen molar-refractivity contribution < 1.29 is 4.74 Å². The minimum absolute atomic E-state index is 0. The lowest BCUT2D eigenvalue weighted by atomic mass is 9.99. The monoisotopic (exact) mass is 252 g/mol. The van der Waals surface area contributed by atoms with Crippen molar-refractivity contribution in [3.8, 4) is 5.75 Å². The average molecular weight is 253 g/mol.